The van der Waals surface area contributed by atoms with E-state index < -0.39 is 0 Å². The average molecular weight is 271 g/mol. The van der Waals surface area contributed by atoms with E-state index in [9.17, 15) is 0 Å². The van der Waals surface area contributed by atoms with Crippen molar-refractivity contribution >= 4 is 0 Å². The number of nitrogens with one attached hydrogen (secondary N) is 1. The van der Waals surface area contributed by atoms with Crippen LogP contribution in [0.2, 0.25) is 0 Å². The average Bonchev–Trinajstić information content (AvgIpc) is 3.12. The Balaban J connectivity index is 1.56. The molecule has 4 nitrogen and oxygen atoms in total. The Hall–Kier alpha value is -1.68. The highest BCUT2D eigenvalue weighted by Crippen LogP contribution is 2.53. The van der Waals surface area contributed by atoms with Gasteiger partial charge in [0, 0.05) is 24.9 Å². The van der Waals surface area contributed by atoms with E-state index in [2.05, 4.69) is 53.6 Å². The third-order valence-electron chi connectivity index (χ3n) is 3.71. The molecular weight excluding hydrogens is 250 g/mol. The summed E-state index contributed by atoms with van der Waals surface area (Å²) in [6.45, 7) is 5.15. The summed E-state index contributed by atoms with van der Waals surface area (Å²) >= 11 is 0. The van der Waals surface area contributed by atoms with Gasteiger partial charge in [0.1, 0.15) is 0 Å². The molecule has 0 saturated heterocycles. The largest absolute Gasteiger partial charge is 0.425 e. The van der Waals surface area contributed by atoms with Crippen LogP contribution in [-0.2, 0) is 6.42 Å². The Morgan fingerprint density at radius 1 is 1.20 bits per heavy atom. The van der Waals surface area contributed by atoms with Gasteiger partial charge in [-0.05, 0) is 17.9 Å². The number of rotatable bonds is 6. The molecule has 106 valence electrons. The molecule has 1 aliphatic rings. The van der Waals surface area contributed by atoms with Crippen molar-refractivity contribution in [1.29, 1.82) is 0 Å². The lowest BCUT2D eigenvalue weighted by atomic mass is 10.1. The predicted molar refractivity (Wildman–Crippen MR) is 77.7 cm³/mol. The maximum Gasteiger partial charge on any atom is 0.220 e. The van der Waals surface area contributed by atoms with E-state index in [1.54, 1.807) is 0 Å². The van der Waals surface area contributed by atoms with Crippen molar-refractivity contribution in [3.05, 3.63) is 47.7 Å². The van der Waals surface area contributed by atoms with Crippen molar-refractivity contribution in [2.75, 3.05) is 6.54 Å². The van der Waals surface area contributed by atoms with Crippen LogP contribution in [0.5, 0.6) is 0 Å². The summed E-state index contributed by atoms with van der Waals surface area (Å²) in [5, 5.41) is 11.7. The summed E-state index contributed by atoms with van der Waals surface area (Å²) in [5.41, 5.74) is 1.37. The Morgan fingerprint density at radius 2 is 2.00 bits per heavy atom. The molecule has 2 atom stereocenters. The lowest BCUT2D eigenvalue weighted by Gasteiger charge is -2.04. The Bertz CT molecular complexity index is 550. The summed E-state index contributed by atoms with van der Waals surface area (Å²) in [5.74, 6) is 2.51. The Morgan fingerprint density at radius 3 is 2.75 bits per heavy atom. The van der Waals surface area contributed by atoms with Gasteiger partial charge in [-0.3, -0.25) is 0 Å². The first kappa shape index (κ1) is 13.3. The second-order valence-corrected chi connectivity index (χ2v) is 5.75. The zero-order valence-corrected chi connectivity index (χ0v) is 12.0. The molecule has 0 radical (unpaired) electrons. The molecule has 0 amide bonds. The van der Waals surface area contributed by atoms with Crippen molar-refractivity contribution in [1.82, 2.24) is 15.5 Å². The number of hydrogen-bond donors (Lipinski definition) is 1. The molecule has 20 heavy (non-hydrogen) atoms. The first-order valence-electron chi connectivity index (χ1n) is 7.34. The number of benzene rings is 1. The van der Waals surface area contributed by atoms with Gasteiger partial charge in [-0.2, -0.15) is 0 Å². The van der Waals surface area contributed by atoms with Gasteiger partial charge in [0.2, 0.25) is 11.8 Å². The fourth-order valence-electron chi connectivity index (χ4n) is 2.52. The van der Waals surface area contributed by atoms with Crippen molar-refractivity contribution in [3.8, 4) is 0 Å². The van der Waals surface area contributed by atoms with Gasteiger partial charge in [0.25, 0.3) is 0 Å². The summed E-state index contributed by atoms with van der Waals surface area (Å²) in [6, 6.07) is 11.1. The minimum atomic E-state index is 0.414. The third kappa shape index (κ3) is 3.07. The molecular formula is C16H21N3O. The van der Waals surface area contributed by atoms with E-state index >= 15 is 0 Å². The Labute approximate surface area is 119 Å². The molecule has 2 unspecified atom stereocenters. The molecule has 0 spiro atoms. The van der Waals surface area contributed by atoms with E-state index in [4.69, 9.17) is 4.42 Å². The highest BCUT2D eigenvalue weighted by molar-refractivity contribution is 5.30. The third-order valence-corrected chi connectivity index (χ3v) is 3.71. The number of nitrogens with zero attached hydrogens (tertiary/aromatic N) is 2. The van der Waals surface area contributed by atoms with Gasteiger partial charge < -0.3 is 9.73 Å². The zero-order chi connectivity index (χ0) is 13.9. The first-order chi connectivity index (χ1) is 9.74. The minimum absolute atomic E-state index is 0.414. The van der Waals surface area contributed by atoms with E-state index in [1.807, 2.05) is 6.07 Å². The smallest absolute Gasteiger partial charge is 0.220 e. The Kier molecular flexibility index (Phi) is 3.83. The molecule has 1 aromatic carbocycles. The molecule has 1 fully saturated rings. The van der Waals surface area contributed by atoms with E-state index in [-0.39, 0.29) is 0 Å². The molecule has 0 aliphatic heterocycles. The standard InChI is InChI=1S/C16H21N3O/c1-11(2)17-9-8-15-18-19-16(20-15)14-10-13(14)12-6-4-3-5-7-12/h3-7,11,13-14,17H,8-10H2,1-2H3. The van der Waals surface area contributed by atoms with Crippen molar-refractivity contribution in [2.24, 2.45) is 0 Å². The van der Waals surface area contributed by atoms with Crippen molar-refractivity contribution < 1.29 is 4.42 Å². The number of aromatic nitrogens is 2. The van der Waals surface area contributed by atoms with Gasteiger partial charge >= 0.3 is 0 Å². The molecule has 1 saturated carbocycles. The number of hydrogen-bond acceptors (Lipinski definition) is 4. The monoisotopic (exact) mass is 271 g/mol. The van der Waals surface area contributed by atoms with Crippen LogP contribution in [0, 0.1) is 0 Å². The van der Waals surface area contributed by atoms with Gasteiger partial charge in [-0.15, -0.1) is 10.2 Å². The van der Waals surface area contributed by atoms with Crippen LogP contribution < -0.4 is 5.32 Å². The topological polar surface area (TPSA) is 51.0 Å². The lowest BCUT2D eigenvalue weighted by molar-refractivity contribution is 0.439. The molecule has 3 rings (SSSR count). The minimum Gasteiger partial charge on any atom is -0.425 e. The van der Waals surface area contributed by atoms with Gasteiger partial charge in [0.15, 0.2) is 0 Å². The summed E-state index contributed by atoms with van der Waals surface area (Å²) < 4.78 is 5.78. The maximum absolute atomic E-state index is 5.78. The quantitative estimate of drug-likeness (QED) is 0.877. The SMILES string of the molecule is CC(C)NCCc1nnc(C2CC2c2ccccc2)o1. The zero-order valence-electron chi connectivity index (χ0n) is 12.0. The van der Waals surface area contributed by atoms with Crippen LogP contribution in [0.4, 0.5) is 0 Å². The van der Waals surface area contributed by atoms with Gasteiger partial charge in [0.05, 0.1) is 0 Å². The molecule has 2 aromatic rings. The summed E-state index contributed by atoms with van der Waals surface area (Å²) in [6.07, 6.45) is 1.92. The fourth-order valence-corrected chi connectivity index (χ4v) is 2.52. The molecule has 1 aliphatic carbocycles. The van der Waals surface area contributed by atoms with Crippen LogP contribution in [0.15, 0.2) is 34.7 Å². The molecule has 1 heterocycles. The fraction of sp³-hybridized carbons (Fsp3) is 0.500. The van der Waals surface area contributed by atoms with Crippen LogP contribution >= 0.6 is 0 Å². The first-order valence-corrected chi connectivity index (χ1v) is 7.34. The van der Waals surface area contributed by atoms with Crippen LogP contribution in [0.25, 0.3) is 0 Å². The highest BCUT2D eigenvalue weighted by atomic mass is 16.4. The van der Waals surface area contributed by atoms with Gasteiger partial charge in [-0.1, -0.05) is 44.2 Å². The highest BCUT2D eigenvalue weighted by Gasteiger charge is 2.43. The summed E-state index contributed by atoms with van der Waals surface area (Å²) in [7, 11) is 0. The van der Waals surface area contributed by atoms with Crippen molar-refractivity contribution in [2.45, 2.75) is 44.6 Å². The summed E-state index contributed by atoms with van der Waals surface area (Å²) in [4.78, 5) is 0. The van der Waals surface area contributed by atoms with E-state index in [0.717, 1.165) is 31.2 Å². The van der Waals surface area contributed by atoms with Gasteiger partial charge in [-0.25, -0.2) is 0 Å². The maximum atomic E-state index is 5.78. The van der Waals surface area contributed by atoms with E-state index in [0.29, 0.717) is 17.9 Å². The van der Waals surface area contributed by atoms with Crippen LogP contribution in [0.3, 0.4) is 0 Å². The van der Waals surface area contributed by atoms with Crippen LogP contribution in [0.1, 0.15) is 49.4 Å². The van der Waals surface area contributed by atoms with Crippen LogP contribution in [-0.4, -0.2) is 22.8 Å². The van der Waals surface area contributed by atoms with Crippen molar-refractivity contribution in [3.63, 3.8) is 0 Å². The normalized spacial score (nSPS) is 21.4. The molecule has 4 heteroatoms. The molecule has 1 aromatic heterocycles. The second-order valence-electron chi connectivity index (χ2n) is 5.75. The molecule has 0 bridgehead atoms. The second kappa shape index (κ2) is 5.75. The van der Waals surface area contributed by atoms with E-state index in [1.165, 1.54) is 5.56 Å². The molecule has 1 N–H and O–H groups in total. The predicted octanol–water partition coefficient (Wildman–Crippen LogP) is 2.88. The lowest BCUT2D eigenvalue weighted by Crippen LogP contribution is -2.25.